The molecule has 2 aliphatic carbocycles. The average Bonchev–Trinajstić information content (AvgIpc) is 3.55. The Labute approximate surface area is 322 Å². The van der Waals surface area contributed by atoms with E-state index in [-0.39, 0.29) is 48.8 Å². The number of aliphatic hydroxyl groups is 4. The summed E-state index contributed by atoms with van der Waals surface area (Å²) in [4.78, 5) is 0. The lowest BCUT2D eigenvalue weighted by Gasteiger charge is -2.24. The summed E-state index contributed by atoms with van der Waals surface area (Å²) >= 11 is 0. The standard InChI is InChI=1S/C49H48O6/c1-48(2)42-20-28(5-6-30-16-34(24-50)46(54)35(17-30)25-51)7-11-38(42)40-13-9-32(22-44(40)48)33-10-14-41-39-12-8-29(21-43(39)49(3,4)45(41)23-33)15-31-18-36(26-52)47(55)37(19-31)27-53/h7-14,16-23,50-55H,5-6,15,24-27H2,1-4H3. The summed E-state index contributed by atoms with van der Waals surface area (Å²) < 4.78 is 0. The Bertz CT molecular complexity index is 2440. The molecule has 2 aliphatic rings. The topological polar surface area (TPSA) is 121 Å². The molecular formula is C49H48O6. The van der Waals surface area contributed by atoms with Gasteiger partial charge < -0.3 is 30.6 Å². The number of aromatic hydroxyl groups is 2. The Balaban J connectivity index is 1.05. The molecule has 0 unspecified atom stereocenters. The van der Waals surface area contributed by atoms with Gasteiger partial charge in [0.05, 0.1) is 26.4 Å². The van der Waals surface area contributed by atoms with Crippen LogP contribution in [-0.4, -0.2) is 30.6 Å². The predicted molar refractivity (Wildman–Crippen MR) is 217 cm³/mol. The van der Waals surface area contributed by atoms with E-state index in [1.165, 1.54) is 61.2 Å². The first-order valence-electron chi connectivity index (χ1n) is 19.1. The molecule has 0 aromatic heterocycles. The molecule has 0 heterocycles. The van der Waals surface area contributed by atoms with Crippen molar-refractivity contribution in [1.82, 2.24) is 0 Å². The van der Waals surface area contributed by atoms with Crippen molar-refractivity contribution in [3.8, 4) is 44.9 Å². The largest absolute Gasteiger partial charge is 0.507 e. The van der Waals surface area contributed by atoms with Crippen molar-refractivity contribution in [3.05, 3.63) is 164 Å². The van der Waals surface area contributed by atoms with Crippen LogP contribution in [0.2, 0.25) is 0 Å². The van der Waals surface area contributed by atoms with Crippen molar-refractivity contribution in [1.29, 1.82) is 0 Å². The molecular weight excluding hydrogens is 685 g/mol. The summed E-state index contributed by atoms with van der Waals surface area (Å²) in [6.07, 6.45) is 2.15. The first-order chi connectivity index (χ1) is 26.4. The monoisotopic (exact) mass is 732 g/mol. The lowest BCUT2D eigenvalue weighted by molar-refractivity contribution is 0.263. The van der Waals surface area contributed by atoms with E-state index < -0.39 is 0 Å². The first kappa shape index (κ1) is 36.7. The van der Waals surface area contributed by atoms with Crippen molar-refractivity contribution in [3.63, 3.8) is 0 Å². The van der Waals surface area contributed by atoms with E-state index in [4.69, 9.17) is 0 Å². The van der Waals surface area contributed by atoms with Gasteiger partial charge in [-0.2, -0.15) is 0 Å². The summed E-state index contributed by atoms with van der Waals surface area (Å²) in [7, 11) is 0. The van der Waals surface area contributed by atoms with Gasteiger partial charge in [0.25, 0.3) is 0 Å². The highest BCUT2D eigenvalue weighted by Gasteiger charge is 2.38. The fraction of sp³-hybridized carbons (Fsp3) is 0.265. The van der Waals surface area contributed by atoms with E-state index in [0.29, 0.717) is 28.7 Å². The maximum atomic E-state index is 10.3. The molecule has 6 nitrogen and oxygen atoms in total. The second kappa shape index (κ2) is 13.8. The number of fused-ring (bicyclic) bond motifs is 6. The van der Waals surface area contributed by atoms with E-state index in [2.05, 4.69) is 100 Å². The van der Waals surface area contributed by atoms with Gasteiger partial charge in [-0.3, -0.25) is 0 Å². The van der Waals surface area contributed by atoms with Crippen LogP contribution in [-0.2, 0) is 56.5 Å². The van der Waals surface area contributed by atoms with Gasteiger partial charge in [-0.15, -0.1) is 0 Å². The number of hydrogen-bond donors (Lipinski definition) is 6. The van der Waals surface area contributed by atoms with Crippen LogP contribution in [0.1, 0.15) is 94.5 Å². The van der Waals surface area contributed by atoms with Crippen LogP contribution in [0.15, 0.2) is 97.1 Å². The highest BCUT2D eigenvalue weighted by molar-refractivity contribution is 5.87. The summed E-state index contributed by atoms with van der Waals surface area (Å²) in [6, 6.07) is 34.4. The zero-order valence-corrected chi connectivity index (χ0v) is 31.9. The Morgan fingerprint density at radius 2 is 0.727 bits per heavy atom. The van der Waals surface area contributed by atoms with E-state index in [1.54, 1.807) is 0 Å². The van der Waals surface area contributed by atoms with Crippen LogP contribution in [0.5, 0.6) is 11.5 Å². The normalized spacial score (nSPS) is 14.4. The average molecular weight is 733 g/mol. The Morgan fingerprint density at radius 3 is 1.16 bits per heavy atom. The van der Waals surface area contributed by atoms with E-state index >= 15 is 0 Å². The van der Waals surface area contributed by atoms with Gasteiger partial charge in [0.2, 0.25) is 0 Å². The second-order valence-corrected chi connectivity index (χ2v) is 16.4. The van der Waals surface area contributed by atoms with E-state index in [1.807, 2.05) is 24.3 Å². The van der Waals surface area contributed by atoms with Gasteiger partial charge in [0.1, 0.15) is 11.5 Å². The Kier molecular flexibility index (Phi) is 9.22. The Morgan fingerprint density at radius 1 is 0.382 bits per heavy atom. The third-order valence-corrected chi connectivity index (χ3v) is 12.3. The van der Waals surface area contributed by atoms with Crippen LogP contribution in [0.4, 0.5) is 0 Å². The fourth-order valence-corrected chi connectivity index (χ4v) is 9.11. The smallest absolute Gasteiger partial charge is 0.126 e. The molecule has 6 N–H and O–H groups in total. The molecule has 0 saturated heterocycles. The maximum absolute atomic E-state index is 10.3. The molecule has 0 atom stereocenters. The van der Waals surface area contributed by atoms with Gasteiger partial charge in [-0.1, -0.05) is 88.4 Å². The minimum Gasteiger partial charge on any atom is -0.507 e. The molecule has 0 saturated carbocycles. The molecule has 6 aromatic carbocycles. The van der Waals surface area contributed by atoms with Gasteiger partial charge in [0, 0.05) is 33.1 Å². The Hall–Kier alpha value is -5.24. The summed E-state index contributed by atoms with van der Waals surface area (Å²) in [5, 5.41) is 59.6. The number of rotatable bonds is 10. The van der Waals surface area contributed by atoms with Gasteiger partial charge in [0.15, 0.2) is 0 Å². The summed E-state index contributed by atoms with van der Waals surface area (Å²) in [6.45, 7) is 8.06. The molecule has 55 heavy (non-hydrogen) atoms. The minimum absolute atomic E-state index is 0.0337. The third-order valence-electron chi connectivity index (χ3n) is 12.3. The summed E-state index contributed by atoms with van der Waals surface area (Å²) in [5.74, 6) is -0.0783. The molecule has 280 valence electrons. The van der Waals surface area contributed by atoms with Gasteiger partial charge in [-0.25, -0.2) is 0 Å². The zero-order valence-electron chi connectivity index (χ0n) is 31.9. The summed E-state index contributed by atoms with van der Waals surface area (Å²) in [5.41, 5.74) is 18.1. The van der Waals surface area contributed by atoms with Crippen LogP contribution < -0.4 is 0 Å². The molecule has 6 aromatic rings. The highest BCUT2D eigenvalue weighted by Crippen LogP contribution is 2.52. The van der Waals surface area contributed by atoms with Crippen LogP contribution in [0.25, 0.3) is 33.4 Å². The van der Waals surface area contributed by atoms with Crippen LogP contribution in [0.3, 0.4) is 0 Å². The fourth-order valence-electron chi connectivity index (χ4n) is 9.11. The number of hydrogen-bond acceptors (Lipinski definition) is 6. The van der Waals surface area contributed by atoms with E-state index in [9.17, 15) is 30.6 Å². The first-order valence-corrected chi connectivity index (χ1v) is 19.1. The maximum Gasteiger partial charge on any atom is 0.126 e. The third kappa shape index (κ3) is 6.14. The number of phenols is 2. The van der Waals surface area contributed by atoms with Gasteiger partial charge in [-0.05, 0) is 134 Å². The SMILES string of the molecule is CC1(C)c2cc(CCc3cc(CO)c(O)c(CO)c3)ccc2-c2ccc(-c3ccc4c(c3)C(C)(C)c3cc(Cc5cc(CO)c(O)c(CO)c5)ccc3-4)cc21. The molecule has 8 rings (SSSR count). The van der Waals surface area contributed by atoms with Crippen LogP contribution in [0, 0.1) is 0 Å². The quantitative estimate of drug-likeness (QED) is 0.0839. The molecule has 6 heteroatoms. The van der Waals surface area contributed by atoms with Crippen LogP contribution >= 0.6 is 0 Å². The number of aryl methyl sites for hydroxylation is 2. The number of aliphatic hydroxyl groups excluding tert-OH is 4. The lowest BCUT2D eigenvalue weighted by Crippen LogP contribution is -2.16. The van der Waals surface area contributed by atoms with Crippen molar-refractivity contribution in [2.75, 3.05) is 0 Å². The van der Waals surface area contributed by atoms with Crippen molar-refractivity contribution in [2.45, 2.75) is 84.2 Å². The molecule has 0 fully saturated rings. The van der Waals surface area contributed by atoms with Crippen molar-refractivity contribution < 1.29 is 30.6 Å². The van der Waals surface area contributed by atoms with E-state index in [0.717, 1.165) is 29.5 Å². The second-order valence-electron chi connectivity index (χ2n) is 16.4. The number of benzene rings is 6. The van der Waals surface area contributed by atoms with Crippen molar-refractivity contribution in [2.24, 2.45) is 0 Å². The predicted octanol–water partition coefficient (Wildman–Crippen LogP) is 8.72. The van der Waals surface area contributed by atoms with Crippen molar-refractivity contribution >= 4 is 0 Å². The minimum atomic E-state index is -0.290. The highest BCUT2D eigenvalue weighted by atomic mass is 16.3. The van der Waals surface area contributed by atoms with Gasteiger partial charge >= 0.3 is 0 Å². The molecule has 0 spiro atoms. The molecule has 0 bridgehead atoms. The lowest BCUT2D eigenvalue weighted by atomic mass is 9.79. The molecule has 0 aliphatic heterocycles. The molecule has 0 amide bonds. The molecule has 0 radical (unpaired) electrons. The zero-order chi connectivity index (χ0) is 38.8.